The molecule has 0 heterocycles. The van der Waals surface area contributed by atoms with Crippen LogP contribution in [0, 0.1) is 24.0 Å². The van der Waals surface area contributed by atoms with Crippen LogP contribution >= 0.6 is 0 Å². The molecule has 0 saturated heterocycles. The minimum atomic E-state index is -2.33. The van der Waals surface area contributed by atoms with Crippen LogP contribution in [0.25, 0.3) is 0 Å². The average molecular weight is 375 g/mol. The fraction of sp³-hybridized carbons (Fsp3) is 0.471. The molecule has 1 aromatic rings. The van der Waals surface area contributed by atoms with Gasteiger partial charge in [-0.25, -0.2) is 18.7 Å². The number of aliphatic hydroxyl groups excluding tert-OH is 1. The Balaban J connectivity index is 2.63. The van der Waals surface area contributed by atoms with Crippen molar-refractivity contribution in [1.29, 1.82) is 0 Å². The van der Waals surface area contributed by atoms with Gasteiger partial charge < -0.3 is 10.8 Å². The summed E-state index contributed by atoms with van der Waals surface area (Å²) in [5.74, 6) is -4.54. The van der Waals surface area contributed by atoms with Gasteiger partial charge in [-0.2, -0.15) is 0 Å². The number of alkyl halides is 1. The molecule has 0 bridgehead atoms. The van der Waals surface area contributed by atoms with Gasteiger partial charge in [-0.3, -0.25) is 14.8 Å². The molecule has 0 spiro atoms. The molecule has 3 atom stereocenters. The lowest BCUT2D eigenvalue weighted by molar-refractivity contribution is -0.136. The molecular weight excluding hydrogens is 353 g/mol. The molecule has 1 radical (unpaired) electrons. The Bertz CT molecular complexity index is 620. The monoisotopic (exact) mass is 375 g/mol. The number of nitrogens with one attached hydrogen (secondary N) is 1. The van der Waals surface area contributed by atoms with E-state index in [4.69, 9.17) is 10.9 Å². The molecule has 1 rings (SSSR count). The summed E-state index contributed by atoms with van der Waals surface area (Å²) in [7, 11) is 0. The van der Waals surface area contributed by atoms with Gasteiger partial charge in [0.05, 0.1) is 6.10 Å². The van der Waals surface area contributed by atoms with Crippen molar-refractivity contribution in [3.05, 3.63) is 41.8 Å². The van der Waals surface area contributed by atoms with Crippen molar-refractivity contribution in [1.82, 2.24) is 5.48 Å². The van der Waals surface area contributed by atoms with Gasteiger partial charge in [-0.1, -0.05) is 0 Å². The Morgan fingerprint density at radius 2 is 1.88 bits per heavy atom. The fourth-order valence-corrected chi connectivity index (χ4v) is 2.40. The zero-order chi connectivity index (χ0) is 19.9. The summed E-state index contributed by atoms with van der Waals surface area (Å²) in [6.07, 6.45) is -0.508. The number of benzene rings is 1. The maximum Gasteiger partial charge on any atom is 0.254 e. The summed E-state index contributed by atoms with van der Waals surface area (Å²) >= 11 is 0. The Labute approximate surface area is 149 Å². The van der Waals surface area contributed by atoms with Gasteiger partial charge in [-0.05, 0) is 56.7 Å². The predicted octanol–water partition coefficient (Wildman–Crippen LogP) is 1.58. The van der Waals surface area contributed by atoms with E-state index in [-0.39, 0.29) is 31.2 Å². The maximum absolute atomic E-state index is 13.9. The van der Waals surface area contributed by atoms with Crippen LogP contribution in [0.2, 0.25) is 0 Å². The van der Waals surface area contributed by atoms with Gasteiger partial charge in [0.15, 0.2) is 5.67 Å². The van der Waals surface area contributed by atoms with E-state index in [1.165, 1.54) is 11.9 Å². The standard InChI is InChI=1S/C17H22F3N2O4/c1-17(20,16(21)25)5-4-11(15(24)22-26)8-14(23)3-2-10-6-12(18)9-13(19)7-10/h3,6-7,9,11,14,23,26H,2,4-5,8H2,1H3,(H2,21,25)(H,22,24). The molecule has 2 amide bonds. The lowest BCUT2D eigenvalue weighted by Gasteiger charge is -2.22. The largest absolute Gasteiger partial charge is 0.393 e. The minimum Gasteiger partial charge on any atom is -0.393 e. The number of carbonyl (C=O) groups is 2. The smallest absolute Gasteiger partial charge is 0.254 e. The number of rotatable bonds is 10. The molecule has 26 heavy (non-hydrogen) atoms. The van der Waals surface area contributed by atoms with Crippen molar-refractivity contribution >= 4 is 11.8 Å². The van der Waals surface area contributed by atoms with E-state index in [0.29, 0.717) is 6.07 Å². The van der Waals surface area contributed by atoms with Crippen molar-refractivity contribution in [3.8, 4) is 0 Å². The molecule has 0 fully saturated rings. The second-order valence-corrected chi connectivity index (χ2v) is 6.29. The first kappa shape index (κ1) is 21.9. The highest BCUT2D eigenvalue weighted by Crippen LogP contribution is 2.24. The van der Waals surface area contributed by atoms with Gasteiger partial charge in [-0.15, -0.1) is 0 Å². The molecule has 145 valence electrons. The van der Waals surface area contributed by atoms with E-state index in [1.807, 2.05) is 0 Å². The Kier molecular flexibility index (Phi) is 8.04. The van der Waals surface area contributed by atoms with E-state index in [9.17, 15) is 27.9 Å². The molecule has 5 N–H and O–H groups in total. The SMILES string of the molecule is CC(F)(CCC(CC(O)[CH]Cc1cc(F)cc(F)c1)C(=O)NO)C(N)=O. The number of amides is 2. The highest BCUT2D eigenvalue weighted by Gasteiger charge is 2.33. The number of primary amides is 1. The van der Waals surface area contributed by atoms with Crippen molar-refractivity contribution in [3.63, 3.8) is 0 Å². The lowest BCUT2D eigenvalue weighted by Crippen LogP contribution is -2.38. The second kappa shape index (κ2) is 9.54. The molecular formula is C17H22F3N2O4. The Morgan fingerprint density at radius 3 is 2.38 bits per heavy atom. The van der Waals surface area contributed by atoms with Crippen LogP contribution in [-0.2, 0) is 16.0 Å². The zero-order valence-corrected chi connectivity index (χ0v) is 14.2. The molecule has 1 aromatic carbocycles. The number of hydroxylamine groups is 1. The molecule has 9 heteroatoms. The van der Waals surface area contributed by atoms with Gasteiger partial charge in [0.25, 0.3) is 5.91 Å². The average Bonchev–Trinajstić information content (AvgIpc) is 2.55. The summed E-state index contributed by atoms with van der Waals surface area (Å²) in [6.45, 7) is 0.976. The summed E-state index contributed by atoms with van der Waals surface area (Å²) < 4.78 is 40.2. The zero-order valence-electron chi connectivity index (χ0n) is 14.2. The maximum atomic E-state index is 13.9. The number of hydrogen-bond acceptors (Lipinski definition) is 4. The van der Waals surface area contributed by atoms with Crippen LogP contribution in [0.3, 0.4) is 0 Å². The summed E-state index contributed by atoms with van der Waals surface area (Å²) in [6, 6.07) is 2.92. The molecule has 6 nitrogen and oxygen atoms in total. The highest BCUT2D eigenvalue weighted by atomic mass is 19.1. The number of halogens is 3. The minimum absolute atomic E-state index is 0.0332. The Morgan fingerprint density at radius 1 is 1.31 bits per heavy atom. The van der Waals surface area contributed by atoms with E-state index < -0.39 is 41.1 Å². The molecule has 3 unspecified atom stereocenters. The molecule has 0 aliphatic rings. The number of aliphatic hydroxyl groups is 1. The van der Waals surface area contributed by atoms with E-state index in [0.717, 1.165) is 19.1 Å². The second-order valence-electron chi connectivity index (χ2n) is 6.29. The molecule has 0 aliphatic heterocycles. The van der Waals surface area contributed by atoms with E-state index in [1.54, 1.807) is 0 Å². The predicted molar refractivity (Wildman–Crippen MR) is 86.3 cm³/mol. The Hall–Kier alpha value is -2.13. The van der Waals surface area contributed by atoms with Crippen molar-refractivity contribution in [2.24, 2.45) is 11.7 Å². The molecule has 0 aromatic heterocycles. The highest BCUT2D eigenvalue weighted by molar-refractivity contribution is 5.83. The van der Waals surface area contributed by atoms with Gasteiger partial charge in [0, 0.05) is 12.0 Å². The molecule has 0 aliphatic carbocycles. The fourth-order valence-electron chi connectivity index (χ4n) is 2.40. The van der Waals surface area contributed by atoms with Crippen LogP contribution in [0.1, 0.15) is 31.7 Å². The summed E-state index contributed by atoms with van der Waals surface area (Å²) in [5, 5.41) is 18.8. The normalized spacial score (nSPS) is 15.8. The summed E-state index contributed by atoms with van der Waals surface area (Å²) in [4.78, 5) is 22.7. The number of nitrogens with two attached hydrogens (primary N) is 1. The first-order chi connectivity index (χ1) is 12.0. The third-order valence-corrected chi connectivity index (χ3v) is 4.03. The quantitative estimate of drug-likeness (QED) is 0.367. The number of hydrogen-bond donors (Lipinski definition) is 4. The van der Waals surface area contributed by atoms with E-state index >= 15 is 0 Å². The van der Waals surface area contributed by atoms with Gasteiger partial charge >= 0.3 is 0 Å². The van der Waals surface area contributed by atoms with Crippen molar-refractivity contribution in [2.45, 2.75) is 44.4 Å². The third-order valence-electron chi connectivity index (χ3n) is 4.03. The van der Waals surface area contributed by atoms with Crippen LogP contribution in [0.4, 0.5) is 13.2 Å². The van der Waals surface area contributed by atoms with Gasteiger partial charge in [0.1, 0.15) is 11.6 Å². The molecule has 0 saturated carbocycles. The third kappa shape index (κ3) is 7.01. The number of carbonyl (C=O) groups excluding carboxylic acids is 2. The first-order valence-corrected chi connectivity index (χ1v) is 7.94. The van der Waals surface area contributed by atoms with E-state index in [2.05, 4.69) is 0 Å². The van der Waals surface area contributed by atoms with Crippen LogP contribution in [0.15, 0.2) is 18.2 Å². The van der Waals surface area contributed by atoms with Gasteiger partial charge in [0.2, 0.25) is 5.91 Å². The lowest BCUT2D eigenvalue weighted by atomic mass is 9.89. The van der Waals surface area contributed by atoms with Crippen molar-refractivity contribution in [2.75, 3.05) is 0 Å². The van der Waals surface area contributed by atoms with Crippen LogP contribution in [0.5, 0.6) is 0 Å². The van der Waals surface area contributed by atoms with Crippen molar-refractivity contribution < 1.29 is 33.1 Å². The summed E-state index contributed by atoms with van der Waals surface area (Å²) in [5.41, 5.74) is 4.30. The van der Waals surface area contributed by atoms with Crippen LogP contribution in [-0.4, -0.2) is 33.9 Å². The topological polar surface area (TPSA) is 113 Å². The van der Waals surface area contributed by atoms with Crippen LogP contribution < -0.4 is 11.2 Å². The first-order valence-electron chi connectivity index (χ1n) is 7.94.